The van der Waals surface area contributed by atoms with Gasteiger partial charge in [-0.3, -0.25) is 20.7 Å². The lowest BCUT2D eigenvalue weighted by Gasteiger charge is -2.28. The van der Waals surface area contributed by atoms with Crippen molar-refractivity contribution in [3.8, 4) is 0 Å². The molecule has 2 aromatic rings. The van der Waals surface area contributed by atoms with Gasteiger partial charge in [0, 0.05) is 23.0 Å². The van der Waals surface area contributed by atoms with Gasteiger partial charge in [-0.25, -0.2) is 9.97 Å². The maximum Gasteiger partial charge on any atom is 0.167 e. The summed E-state index contributed by atoms with van der Waals surface area (Å²) in [6.45, 7) is 5.30. The fraction of sp³-hybridized carbons (Fsp3) is 0.235. The zero-order valence-electron chi connectivity index (χ0n) is 13.6. The molecule has 0 unspecified atom stereocenters. The molecule has 0 saturated heterocycles. The van der Waals surface area contributed by atoms with Crippen LogP contribution in [0.15, 0.2) is 41.7 Å². The van der Waals surface area contributed by atoms with Crippen molar-refractivity contribution >= 4 is 34.8 Å². The summed E-state index contributed by atoms with van der Waals surface area (Å²) in [5, 5.41) is 17.2. The minimum Gasteiger partial charge on any atom is -0.288 e. The van der Waals surface area contributed by atoms with E-state index in [-0.39, 0.29) is 11.7 Å². The van der Waals surface area contributed by atoms with Crippen molar-refractivity contribution in [1.29, 1.82) is 10.8 Å². The van der Waals surface area contributed by atoms with Crippen molar-refractivity contribution in [2.75, 3.05) is 4.90 Å². The highest BCUT2D eigenvalue weighted by Gasteiger charge is 2.37. The number of fused-ring (bicyclic) bond motifs is 1. The van der Waals surface area contributed by atoms with Crippen LogP contribution in [0.4, 0.5) is 5.82 Å². The molecule has 1 aliphatic heterocycles. The van der Waals surface area contributed by atoms with Crippen LogP contribution in [0.1, 0.15) is 32.0 Å². The number of anilines is 1. The number of amidine groups is 2. The lowest BCUT2D eigenvalue weighted by atomic mass is 10.0. The molecule has 0 aliphatic carbocycles. The Morgan fingerprint density at radius 1 is 1.12 bits per heavy atom. The van der Waals surface area contributed by atoms with Crippen molar-refractivity contribution in [1.82, 2.24) is 9.97 Å². The molecule has 0 fully saturated rings. The summed E-state index contributed by atoms with van der Waals surface area (Å²) in [7, 11) is 0. The average molecular weight is 341 g/mol. The SMILES string of the molecule is CC(=N)N1C(=N)C(C)(C)N=C(c2ccc(Cl)cc2)c2nccnc21. The summed E-state index contributed by atoms with van der Waals surface area (Å²) < 4.78 is 0. The van der Waals surface area contributed by atoms with Gasteiger partial charge in [0.25, 0.3) is 0 Å². The van der Waals surface area contributed by atoms with E-state index in [9.17, 15) is 0 Å². The van der Waals surface area contributed by atoms with Gasteiger partial charge < -0.3 is 0 Å². The molecule has 0 radical (unpaired) electrons. The third-order valence-electron chi connectivity index (χ3n) is 3.76. The van der Waals surface area contributed by atoms with E-state index in [1.807, 2.05) is 26.0 Å². The molecule has 2 heterocycles. The topological polar surface area (TPSA) is 89.1 Å². The predicted octanol–water partition coefficient (Wildman–Crippen LogP) is 3.54. The number of benzene rings is 1. The molecule has 7 heteroatoms. The van der Waals surface area contributed by atoms with Crippen LogP contribution in [0.25, 0.3) is 0 Å². The third-order valence-corrected chi connectivity index (χ3v) is 4.01. The summed E-state index contributed by atoms with van der Waals surface area (Å²) in [5.41, 5.74) is 1.18. The van der Waals surface area contributed by atoms with Crippen LogP contribution in [-0.4, -0.2) is 32.9 Å². The molecule has 3 rings (SSSR count). The van der Waals surface area contributed by atoms with E-state index in [1.165, 1.54) is 4.90 Å². The van der Waals surface area contributed by atoms with Crippen LogP contribution in [0, 0.1) is 10.8 Å². The van der Waals surface area contributed by atoms with Gasteiger partial charge in [-0.1, -0.05) is 23.7 Å². The van der Waals surface area contributed by atoms with Gasteiger partial charge in [0.2, 0.25) is 0 Å². The van der Waals surface area contributed by atoms with Crippen LogP contribution in [0.5, 0.6) is 0 Å². The molecular formula is C17H17ClN6. The molecule has 2 N–H and O–H groups in total. The number of aromatic nitrogens is 2. The first-order valence-corrected chi connectivity index (χ1v) is 7.80. The Morgan fingerprint density at radius 2 is 1.75 bits per heavy atom. The van der Waals surface area contributed by atoms with Crippen molar-refractivity contribution in [2.45, 2.75) is 26.3 Å². The molecule has 0 amide bonds. The number of hydrogen-bond acceptors (Lipinski definition) is 5. The first-order valence-electron chi connectivity index (χ1n) is 7.43. The highest BCUT2D eigenvalue weighted by atomic mass is 35.5. The van der Waals surface area contributed by atoms with Crippen LogP contribution in [0.2, 0.25) is 5.02 Å². The lowest BCUT2D eigenvalue weighted by Crippen LogP contribution is -2.45. The van der Waals surface area contributed by atoms with Gasteiger partial charge in [0.05, 0.1) is 5.71 Å². The fourth-order valence-electron chi connectivity index (χ4n) is 2.56. The van der Waals surface area contributed by atoms with Crippen LogP contribution in [0.3, 0.4) is 0 Å². The van der Waals surface area contributed by atoms with Gasteiger partial charge in [-0.15, -0.1) is 0 Å². The van der Waals surface area contributed by atoms with E-state index in [0.717, 1.165) is 5.56 Å². The first-order chi connectivity index (χ1) is 11.3. The van der Waals surface area contributed by atoms with Gasteiger partial charge in [0.1, 0.15) is 22.9 Å². The van der Waals surface area contributed by atoms with Crippen LogP contribution < -0.4 is 4.90 Å². The summed E-state index contributed by atoms with van der Waals surface area (Å²) in [4.78, 5) is 15.0. The maximum absolute atomic E-state index is 8.53. The summed E-state index contributed by atoms with van der Waals surface area (Å²) in [5.74, 6) is 0.817. The monoisotopic (exact) mass is 340 g/mol. The van der Waals surface area contributed by atoms with Crippen molar-refractivity contribution in [3.05, 3.63) is 52.9 Å². The Bertz CT molecular complexity index is 854. The minimum absolute atomic E-state index is 0.181. The second-order valence-electron chi connectivity index (χ2n) is 6.02. The van der Waals surface area contributed by atoms with E-state index in [0.29, 0.717) is 22.2 Å². The molecule has 0 atom stereocenters. The summed E-state index contributed by atoms with van der Waals surface area (Å²) in [6, 6.07) is 7.31. The van der Waals surface area contributed by atoms with Gasteiger partial charge in [-0.2, -0.15) is 0 Å². The van der Waals surface area contributed by atoms with E-state index in [1.54, 1.807) is 31.5 Å². The fourth-order valence-corrected chi connectivity index (χ4v) is 2.69. The number of hydrogen-bond donors (Lipinski definition) is 2. The number of nitrogens with one attached hydrogen (secondary N) is 2. The molecule has 1 aromatic carbocycles. The number of rotatable bonds is 1. The van der Waals surface area contributed by atoms with Crippen molar-refractivity contribution < 1.29 is 0 Å². The Morgan fingerprint density at radius 3 is 2.38 bits per heavy atom. The molecule has 0 saturated carbocycles. The van der Waals surface area contributed by atoms with Crippen LogP contribution >= 0.6 is 11.6 Å². The lowest BCUT2D eigenvalue weighted by molar-refractivity contribution is 0.691. The van der Waals surface area contributed by atoms with Crippen molar-refractivity contribution in [3.63, 3.8) is 0 Å². The largest absolute Gasteiger partial charge is 0.288 e. The van der Waals surface area contributed by atoms with Gasteiger partial charge >= 0.3 is 0 Å². The van der Waals surface area contributed by atoms with E-state index < -0.39 is 5.54 Å². The molecule has 1 aromatic heterocycles. The maximum atomic E-state index is 8.53. The normalized spacial score (nSPS) is 16.2. The van der Waals surface area contributed by atoms with Gasteiger partial charge in [-0.05, 0) is 32.9 Å². The number of halogens is 1. The quantitative estimate of drug-likeness (QED) is 0.614. The number of aliphatic imine (C=N–C) groups is 1. The molecule has 6 nitrogen and oxygen atoms in total. The molecule has 0 bridgehead atoms. The standard InChI is InChI=1S/C17H17ClN6/c1-10(19)24-15-14(21-8-9-22-15)13(23-17(2,3)16(24)20)11-4-6-12(18)7-5-11/h4-9,19-20H,1-3H3. The summed E-state index contributed by atoms with van der Waals surface area (Å²) in [6.07, 6.45) is 3.14. The third kappa shape index (κ3) is 2.69. The molecule has 122 valence electrons. The Hall–Kier alpha value is -2.60. The molecular weight excluding hydrogens is 324 g/mol. The smallest absolute Gasteiger partial charge is 0.167 e. The highest BCUT2D eigenvalue weighted by molar-refractivity contribution is 6.31. The molecule has 0 spiro atoms. The second-order valence-corrected chi connectivity index (χ2v) is 6.46. The van der Waals surface area contributed by atoms with Gasteiger partial charge in [0.15, 0.2) is 5.82 Å². The van der Waals surface area contributed by atoms with Crippen LogP contribution in [-0.2, 0) is 0 Å². The Balaban J connectivity index is 2.30. The number of nitrogens with zero attached hydrogens (tertiary/aromatic N) is 4. The van der Waals surface area contributed by atoms with E-state index in [2.05, 4.69) is 9.97 Å². The summed E-state index contributed by atoms with van der Waals surface area (Å²) >= 11 is 5.99. The molecule has 1 aliphatic rings. The zero-order chi connectivity index (χ0) is 17.5. The zero-order valence-corrected chi connectivity index (χ0v) is 14.4. The Labute approximate surface area is 145 Å². The average Bonchev–Trinajstić information content (AvgIpc) is 2.62. The predicted molar refractivity (Wildman–Crippen MR) is 96.8 cm³/mol. The Kier molecular flexibility index (Phi) is 3.93. The van der Waals surface area contributed by atoms with Crippen molar-refractivity contribution in [2.24, 2.45) is 4.99 Å². The highest BCUT2D eigenvalue weighted by Crippen LogP contribution is 2.30. The first kappa shape index (κ1) is 16.3. The van der Waals surface area contributed by atoms with E-state index in [4.69, 9.17) is 27.4 Å². The second kappa shape index (κ2) is 5.79. The minimum atomic E-state index is -0.834. The molecule has 24 heavy (non-hydrogen) atoms. The van der Waals surface area contributed by atoms with E-state index >= 15 is 0 Å².